The lowest BCUT2D eigenvalue weighted by Crippen LogP contribution is -2.48. The summed E-state index contributed by atoms with van der Waals surface area (Å²) >= 11 is 6.05. The summed E-state index contributed by atoms with van der Waals surface area (Å²) in [6.45, 7) is 2.08. The minimum atomic E-state index is -0.230. The van der Waals surface area contributed by atoms with Crippen molar-refractivity contribution in [3.63, 3.8) is 0 Å². The normalized spacial score (nSPS) is 20.9. The van der Waals surface area contributed by atoms with E-state index in [0.29, 0.717) is 0 Å². The van der Waals surface area contributed by atoms with Crippen LogP contribution in [-0.2, 0) is 0 Å². The van der Waals surface area contributed by atoms with Crippen LogP contribution in [0.3, 0.4) is 0 Å². The minimum absolute atomic E-state index is 0.230. The number of hydrogen-bond donors (Lipinski definition) is 2. The first kappa shape index (κ1) is 10.3. The van der Waals surface area contributed by atoms with E-state index in [1.807, 2.05) is 18.1 Å². The molecule has 3 nitrogen and oxygen atoms in total. The third-order valence-electron chi connectivity index (χ3n) is 2.48. The summed E-state index contributed by atoms with van der Waals surface area (Å²) in [6, 6.07) is 8.37. The quantitative estimate of drug-likeness (QED) is 0.562. The number of alkyl halides is 1. The molecule has 0 fully saturated rings. The molecule has 0 spiro atoms. The van der Waals surface area contributed by atoms with Gasteiger partial charge >= 0.3 is 0 Å². The van der Waals surface area contributed by atoms with Gasteiger partial charge in [-0.15, -0.1) is 0 Å². The Balaban J connectivity index is 2.30. The average Bonchev–Trinajstić information content (AvgIpc) is 2.24. The molecule has 1 unspecified atom stereocenters. The van der Waals surface area contributed by atoms with Gasteiger partial charge in [0.05, 0.1) is 5.70 Å². The highest BCUT2D eigenvalue weighted by Gasteiger charge is 2.18. The smallest absolute Gasteiger partial charge is 0.173 e. The van der Waals surface area contributed by atoms with Gasteiger partial charge in [-0.2, -0.15) is 0 Å². The van der Waals surface area contributed by atoms with Gasteiger partial charge in [0.1, 0.15) is 0 Å². The second kappa shape index (κ2) is 4.13. The van der Waals surface area contributed by atoms with Crippen LogP contribution in [0.5, 0.6) is 0 Å². The van der Waals surface area contributed by atoms with Gasteiger partial charge in [0.2, 0.25) is 0 Å². The van der Waals surface area contributed by atoms with Gasteiger partial charge < -0.3 is 10.3 Å². The molecule has 1 aliphatic heterocycles. The van der Waals surface area contributed by atoms with Crippen molar-refractivity contribution in [2.45, 2.75) is 12.5 Å². The largest absolute Gasteiger partial charge is 0.343 e. The molecule has 0 aliphatic carbocycles. The van der Waals surface area contributed by atoms with Crippen molar-refractivity contribution in [2.75, 3.05) is 7.05 Å². The van der Waals surface area contributed by atoms with Crippen molar-refractivity contribution in [1.82, 2.24) is 15.8 Å². The molecular formula is C11H14ClN3. The molecule has 1 aliphatic rings. The summed E-state index contributed by atoms with van der Waals surface area (Å²) in [6.07, 6.45) is 1.91. The van der Waals surface area contributed by atoms with E-state index in [1.165, 1.54) is 5.56 Å². The van der Waals surface area contributed by atoms with E-state index in [4.69, 9.17) is 11.6 Å². The van der Waals surface area contributed by atoms with Gasteiger partial charge in [-0.3, -0.25) is 0 Å². The molecule has 1 atom stereocenters. The number of hydrazine groups is 1. The molecule has 0 aromatic heterocycles. The molecule has 0 radical (unpaired) electrons. The first-order chi connectivity index (χ1) is 7.18. The summed E-state index contributed by atoms with van der Waals surface area (Å²) in [5.74, 6) is 0. The van der Waals surface area contributed by atoms with E-state index < -0.39 is 0 Å². The number of benzene rings is 1. The van der Waals surface area contributed by atoms with Crippen LogP contribution >= 0.6 is 11.6 Å². The fraction of sp³-hybridized carbons (Fsp3) is 0.273. The third kappa shape index (κ3) is 2.08. The van der Waals surface area contributed by atoms with E-state index in [1.54, 1.807) is 0 Å². The minimum Gasteiger partial charge on any atom is -0.343 e. The summed E-state index contributed by atoms with van der Waals surface area (Å²) < 4.78 is 0. The summed E-state index contributed by atoms with van der Waals surface area (Å²) in [7, 11) is 1.96. The van der Waals surface area contributed by atoms with E-state index >= 15 is 0 Å². The molecule has 2 N–H and O–H groups in total. The molecule has 0 amide bonds. The van der Waals surface area contributed by atoms with Crippen LogP contribution in [0.4, 0.5) is 0 Å². The highest BCUT2D eigenvalue weighted by molar-refractivity contribution is 6.20. The lowest BCUT2D eigenvalue weighted by molar-refractivity contribution is 0.339. The van der Waals surface area contributed by atoms with Crippen LogP contribution in [0, 0.1) is 6.92 Å². The van der Waals surface area contributed by atoms with E-state index in [0.717, 1.165) is 11.3 Å². The van der Waals surface area contributed by atoms with Crippen molar-refractivity contribution in [3.05, 3.63) is 41.6 Å². The van der Waals surface area contributed by atoms with Crippen LogP contribution in [-0.4, -0.2) is 17.6 Å². The maximum Gasteiger partial charge on any atom is 0.173 e. The zero-order valence-electron chi connectivity index (χ0n) is 8.79. The van der Waals surface area contributed by atoms with E-state index in [9.17, 15) is 0 Å². The Morgan fingerprint density at radius 1 is 1.27 bits per heavy atom. The van der Waals surface area contributed by atoms with Gasteiger partial charge in [-0.05, 0) is 12.5 Å². The molecular weight excluding hydrogens is 210 g/mol. The Morgan fingerprint density at radius 3 is 2.60 bits per heavy atom. The first-order valence-corrected chi connectivity index (χ1v) is 5.27. The highest BCUT2D eigenvalue weighted by Crippen LogP contribution is 2.21. The molecule has 1 aromatic rings. The van der Waals surface area contributed by atoms with Gasteiger partial charge in [0.15, 0.2) is 5.62 Å². The Hall–Kier alpha value is -1.19. The number of hydrogen-bond acceptors (Lipinski definition) is 3. The molecule has 1 aromatic carbocycles. The molecule has 1 heterocycles. The van der Waals surface area contributed by atoms with Gasteiger partial charge in [0.25, 0.3) is 0 Å². The second-order valence-corrected chi connectivity index (χ2v) is 4.04. The highest BCUT2D eigenvalue weighted by atomic mass is 35.5. The SMILES string of the molecule is Cc1ccc(C2=CNNC(Cl)N2C)cc1. The molecule has 2 rings (SSSR count). The first-order valence-electron chi connectivity index (χ1n) is 4.83. The van der Waals surface area contributed by atoms with Crippen LogP contribution in [0.2, 0.25) is 0 Å². The molecule has 80 valence electrons. The van der Waals surface area contributed by atoms with E-state index in [2.05, 4.69) is 42.0 Å². The fourth-order valence-corrected chi connectivity index (χ4v) is 1.68. The van der Waals surface area contributed by atoms with Crippen LogP contribution in [0.15, 0.2) is 30.5 Å². The second-order valence-electron chi connectivity index (χ2n) is 3.63. The maximum atomic E-state index is 6.05. The molecule has 0 bridgehead atoms. The predicted molar refractivity (Wildman–Crippen MR) is 62.8 cm³/mol. The molecule has 0 saturated carbocycles. The number of nitrogens with zero attached hydrogens (tertiary/aromatic N) is 1. The summed E-state index contributed by atoms with van der Waals surface area (Å²) in [4.78, 5) is 1.97. The predicted octanol–water partition coefficient (Wildman–Crippen LogP) is 1.86. The monoisotopic (exact) mass is 223 g/mol. The molecule has 15 heavy (non-hydrogen) atoms. The van der Waals surface area contributed by atoms with Gasteiger partial charge in [0, 0.05) is 13.2 Å². The van der Waals surface area contributed by atoms with Crippen molar-refractivity contribution in [2.24, 2.45) is 0 Å². The number of nitrogens with one attached hydrogen (secondary N) is 2. The van der Waals surface area contributed by atoms with Gasteiger partial charge in [-0.1, -0.05) is 41.4 Å². The summed E-state index contributed by atoms with van der Waals surface area (Å²) in [5.41, 5.74) is 9.11. The zero-order valence-corrected chi connectivity index (χ0v) is 9.55. The van der Waals surface area contributed by atoms with Crippen LogP contribution < -0.4 is 10.9 Å². The standard InChI is InChI=1S/C11H14ClN3/c1-8-3-5-9(6-4-8)10-7-13-14-11(12)15(10)2/h3-7,11,13-14H,1-2H3. The Morgan fingerprint density at radius 2 is 1.93 bits per heavy atom. The number of aryl methyl sites for hydroxylation is 1. The summed E-state index contributed by atoms with van der Waals surface area (Å²) in [5, 5.41) is 0. The Kier molecular flexibility index (Phi) is 2.84. The maximum absolute atomic E-state index is 6.05. The number of rotatable bonds is 1. The van der Waals surface area contributed by atoms with Crippen molar-refractivity contribution in [3.8, 4) is 0 Å². The lowest BCUT2D eigenvalue weighted by atomic mass is 10.1. The van der Waals surface area contributed by atoms with E-state index in [-0.39, 0.29) is 5.62 Å². The topological polar surface area (TPSA) is 27.3 Å². The van der Waals surface area contributed by atoms with Crippen LogP contribution in [0.25, 0.3) is 5.70 Å². The lowest BCUT2D eigenvalue weighted by Gasteiger charge is -2.32. The fourth-order valence-electron chi connectivity index (χ4n) is 1.51. The van der Waals surface area contributed by atoms with Crippen LogP contribution in [0.1, 0.15) is 11.1 Å². The van der Waals surface area contributed by atoms with Crippen molar-refractivity contribution < 1.29 is 0 Å². The van der Waals surface area contributed by atoms with Crippen molar-refractivity contribution in [1.29, 1.82) is 0 Å². The van der Waals surface area contributed by atoms with Gasteiger partial charge in [-0.25, -0.2) is 5.43 Å². The average molecular weight is 224 g/mol. The third-order valence-corrected chi connectivity index (χ3v) is 2.88. The Labute approximate surface area is 94.7 Å². The molecule has 4 heteroatoms. The number of halogens is 1. The Bertz CT molecular complexity index is 372. The van der Waals surface area contributed by atoms with Crippen molar-refractivity contribution >= 4 is 17.3 Å². The molecule has 0 saturated heterocycles. The zero-order chi connectivity index (χ0) is 10.8.